The van der Waals surface area contributed by atoms with Crippen LogP contribution in [-0.4, -0.2) is 29.6 Å². The van der Waals surface area contributed by atoms with Crippen molar-refractivity contribution in [3.8, 4) is 0 Å². The minimum absolute atomic E-state index is 0.114. The van der Waals surface area contributed by atoms with E-state index in [0.29, 0.717) is 18.9 Å². The number of amides is 2. The van der Waals surface area contributed by atoms with Crippen LogP contribution in [0, 0.1) is 0 Å². The first-order valence-corrected chi connectivity index (χ1v) is 6.79. The molecule has 1 aromatic heterocycles. The van der Waals surface area contributed by atoms with Crippen molar-refractivity contribution >= 4 is 11.8 Å². The van der Waals surface area contributed by atoms with Gasteiger partial charge in [0.15, 0.2) is 5.69 Å². The number of rotatable bonds is 3. The molecular weight excluding hydrogens is 246 g/mol. The molecule has 19 heavy (non-hydrogen) atoms. The number of carbonyl (C=O) groups excluding carboxylic acids is 2. The number of carbonyl (C=O) groups is 2. The number of nitrogens with one attached hydrogen (secondary N) is 2. The summed E-state index contributed by atoms with van der Waals surface area (Å²) in [6.45, 7) is 0.682. The molecule has 1 aliphatic carbocycles. The molecule has 2 N–H and O–H groups in total. The summed E-state index contributed by atoms with van der Waals surface area (Å²) in [7, 11) is 0. The lowest BCUT2D eigenvalue weighted by Gasteiger charge is -2.13. The highest BCUT2D eigenvalue weighted by Crippen LogP contribution is 2.40. The van der Waals surface area contributed by atoms with Crippen molar-refractivity contribution < 1.29 is 14.1 Å². The molecule has 0 bridgehead atoms. The molecule has 2 aliphatic rings. The van der Waals surface area contributed by atoms with Crippen LogP contribution in [-0.2, 0) is 4.79 Å². The number of nitrogens with zero attached hydrogens (tertiary/aromatic N) is 1. The Morgan fingerprint density at radius 2 is 2.21 bits per heavy atom. The van der Waals surface area contributed by atoms with Crippen LogP contribution < -0.4 is 10.6 Å². The van der Waals surface area contributed by atoms with Gasteiger partial charge in [0.2, 0.25) is 5.91 Å². The van der Waals surface area contributed by atoms with Crippen LogP contribution >= 0.6 is 0 Å². The highest BCUT2D eigenvalue weighted by molar-refractivity contribution is 5.96. The second-order valence-electron chi connectivity index (χ2n) is 5.20. The molecule has 1 saturated heterocycles. The maximum Gasteiger partial charge on any atom is 0.274 e. The lowest BCUT2D eigenvalue weighted by molar-refractivity contribution is -0.122. The maximum absolute atomic E-state index is 12.0. The molecule has 1 atom stereocenters. The summed E-state index contributed by atoms with van der Waals surface area (Å²) in [5.74, 6) is 0.750. The smallest absolute Gasteiger partial charge is 0.274 e. The fraction of sp³-hybridized carbons (Fsp3) is 0.615. The maximum atomic E-state index is 12.0. The Morgan fingerprint density at radius 3 is 3.00 bits per heavy atom. The van der Waals surface area contributed by atoms with Gasteiger partial charge in [-0.2, -0.15) is 0 Å². The van der Waals surface area contributed by atoms with Gasteiger partial charge in [0, 0.05) is 18.5 Å². The van der Waals surface area contributed by atoms with E-state index in [9.17, 15) is 9.59 Å². The highest BCUT2D eigenvalue weighted by Gasteiger charge is 2.30. The summed E-state index contributed by atoms with van der Waals surface area (Å²) in [5.41, 5.74) is 0.263. The number of hydrogen-bond donors (Lipinski definition) is 2. The first-order chi connectivity index (χ1) is 9.24. The highest BCUT2D eigenvalue weighted by atomic mass is 16.5. The Bertz CT molecular complexity index is 493. The summed E-state index contributed by atoms with van der Waals surface area (Å²) >= 11 is 0. The van der Waals surface area contributed by atoms with Gasteiger partial charge >= 0.3 is 0 Å². The van der Waals surface area contributed by atoms with E-state index >= 15 is 0 Å². The molecule has 102 valence electrons. The average molecular weight is 263 g/mol. The Labute approximate surface area is 110 Å². The van der Waals surface area contributed by atoms with Crippen molar-refractivity contribution in [1.29, 1.82) is 0 Å². The lowest BCUT2D eigenvalue weighted by Crippen LogP contribution is -2.45. The first-order valence-electron chi connectivity index (χ1n) is 6.79. The summed E-state index contributed by atoms with van der Waals surface area (Å²) < 4.78 is 5.14. The molecule has 2 amide bonds. The zero-order valence-electron chi connectivity index (χ0n) is 10.6. The third kappa shape index (κ3) is 2.77. The molecule has 2 heterocycles. The molecule has 3 rings (SSSR count). The van der Waals surface area contributed by atoms with Crippen molar-refractivity contribution in [3.05, 3.63) is 17.5 Å². The third-order valence-electron chi connectivity index (χ3n) is 3.58. The standard InChI is InChI=1S/C13H17N3O3/c17-12-9(3-1-2-6-14-12)15-13(18)10-7-11(19-16-10)8-4-5-8/h7-9H,1-6H2,(H,14,17)(H,15,18)/t9-/m0/s1. The predicted molar refractivity (Wildman–Crippen MR) is 66.6 cm³/mol. The molecule has 0 aromatic carbocycles. The van der Waals surface area contributed by atoms with Gasteiger partial charge in [-0.05, 0) is 32.1 Å². The molecule has 6 heteroatoms. The average Bonchev–Trinajstić information content (AvgIpc) is 3.17. The van der Waals surface area contributed by atoms with Crippen molar-refractivity contribution in [2.24, 2.45) is 0 Å². The molecule has 1 saturated carbocycles. The van der Waals surface area contributed by atoms with Crippen LogP contribution in [0.3, 0.4) is 0 Å². The first kappa shape index (κ1) is 12.2. The van der Waals surface area contributed by atoms with Crippen LogP contribution in [0.5, 0.6) is 0 Å². The molecular formula is C13H17N3O3. The topological polar surface area (TPSA) is 84.2 Å². The molecule has 2 fully saturated rings. The van der Waals surface area contributed by atoms with E-state index < -0.39 is 6.04 Å². The fourth-order valence-electron chi connectivity index (χ4n) is 2.27. The Morgan fingerprint density at radius 1 is 1.37 bits per heavy atom. The van der Waals surface area contributed by atoms with Crippen LogP contribution in [0.1, 0.15) is 54.3 Å². The minimum Gasteiger partial charge on any atom is -0.360 e. The number of aromatic nitrogens is 1. The zero-order valence-corrected chi connectivity index (χ0v) is 10.6. The molecule has 0 spiro atoms. The molecule has 1 aromatic rings. The van der Waals surface area contributed by atoms with E-state index in [0.717, 1.165) is 31.4 Å². The van der Waals surface area contributed by atoms with Gasteiger partial charge in [0.05, 0.1) is 0 Å². The van der Waals surface area contributed by atoms with Crippen LogP contribution in [0.2, 0.25) is 0 Å². The molecule has 1 aliphatic heterocycles. The second-order valence-corrected chi connectivity index (χ2v) is 5.20. The SMILES string of the molecule is O=C(N[C@H]1CCCCNC1=O)c1cc(C2CC2)on1. The number of hydrogen-bond acceptors (Lipinski definition) is 4. The van der Waals surface area contributed by atoms with E-state index in [-0.39, 0.29) is 17.5 Å². The van der Waals surface area contributed by atoms with Gasteiger partial charge < -0.3 is 15.2 Å². The normalized spacial score (nSPS) is 23.6. The van der Waals surface area contributed by atoms with Crippen LogP contribution in [0.25, 0.3) is 0 Å². The van der Waals surface area contributed by atoms with Crippen molar-refractivity contribution in [2.75, 3.05) is 6.54 Å². The fourth-order valence-corrected chi connectivity index (χ4v) is 2.27. The monoisotopic (exact) mass is 263 g/mol. The summed E-state index contributed by atoms with van der Waals surface area (Å²) in [5, 5.41) is 9.28. The minimum atomic E-state index is -0.462. The zero-order chi connectivity index (χ0) is 13.2. The van der Waals surface area contributed by atoms with Gasteiger partial charge in [-0.1, -0.05) is 5.16 Å². The molecule has 0 unspecified atom stereocenters. The Hall–Kier alpha value is -1.85. The van der Waals surface area contributed by atoms with Gasteiger partial charge in [-0.15, -0.1) is 0 Å². The molecule has 0 radical (unpaired) electrons. The van der Waals surface area contributed by atoms with Crippen molar-refractivity contribution in [1.82, 2.24) is 15.8 Å². The Balaban J connectivity index is 1.63. The van der Waals surface area contributed by atoms with Crippen LogP contribution in [0.15, 0.2) is 10.6 Å². The summed E-state index contributed by atoms with van der Waals surface area (Å²) in [6.07, 6.45) is 4.75. The van der Waals surface area contributed by atoms with E-state index in [1.165, 1.54) is 0 Å². The largest absolute Gasteiger partial charge is 0.360 e. The summed E-state index contributed by atoms with van der Waals surface area (Å²) in [6, 6.07) is 1.22. The van der Waals surface area contributed by atoms with E-state index in [4.69, 9.17) is 4.52 Å². The van der Waals surface area contributed by atoms with E-state index in [1.807, 2.05) is 0 Å². The lowest BCUT2D eigenvalue weighted by atomic mass is 10.1. The third-order valence-corrected chi connectivity index (χ3v) is 3.58. The summed E-state index contributed by atoms with van der Waals surface area (Å²) in [4.78, 5) is 23.7. The van der Waals surface area contributed by atoms with Gasteiger partial charge in [0.25, 0.3) is 5.91 Å². The van der Waals surface area contributed by atoms with Gasteiger partial charge in [-0.25, -0.2) is 0 Å². The van der Waals surface area contributed by atoms with Gasteiger partial charge in [0.1, 0.15) is 11.8 Å². The second kappa shape index (κ2) is 5.03. The molecule has 6 nitrogen and oxygen atoms in total. The van der Waals surface area contributed by atoms with Crippen molar-refractivity contribution in [2.45, 2.75) is 44.1 Å². The van der Waals surface area contributed by atoms with Crippen LogP contribution in [0.4, 0.5) is 0 Å². The van der Waals surface area contributed by atoms with Gasteiger partial charge in [-0.3, -0.25) is 9.59 Å². The van der Waals surface area contributed by atoms with E-state index in [2.05, 4.69) is 15.8 Å². The van der Waals surface area contributed by atoms with Crippen molar-refractivity contribution in [3.63, 3.8) is 0 Å². The Kier molecular flexibility index (Phi) is 3.23. The predicted octanol–water partition coefficient (Wildman–Crippen LogP) is 0.950. The quantitative estimate of drug-likeness (QED) is 0.850. The van der Waals surface area contributed by atoms with E-state index in [1.54, 1.807) is 6.07 Å².